The Balaban J connectivity index is 2.23. The summed E-state index contributed by atoms with van der Waals surface area (Å²) < 4.78 is 0. The van der Waals surface area contributed by atoms with Crippen molar-refractivity contribution in [2.24, 2.45) is 11.3 Å². The van der Waals surface area contributed by atoms with Crippen LogP contribution in [0.15, 0.2) is 0 Å². The summed E-state index contributed by atoms with van der Waals surface area (Å²) in [5.41, 5.74) is -1.36. The molecule has 1 aliphatic carbocycles. The van der Waals surface area contributed by atoms with Gasteiger partial charge in [0.1, 0.15) is 23.0 Å². The van der Waals surface area contributed by atoms with Gasteiger partial charge in [0.2, 0.25) is 5.91 Å². The topological polar surface area (TPSA) is 109 Å². The molecule has 24 heavy (non-hydrogen) atoms. The maximum absolute atomic E-state index is 12.6. The molecule has 0 radical (unpaired) electrons. The lowest BCUT2D eigenvalue weighted by Gasteiger charge is -2.30. The molecule has 132 valence electrons. The van der Waals surface area contributed by atoms with Crippen molar-refractivity contribution >= 4 is 40.3 Å². The average Bonchev–Trinajstić information content (AvgIpc) is 2.92. The number of amides is 1. The Morgan fingerprint density at radius 3 is 2.38 bits per heavy atom. The number of ketones is 2. The van der Waals surface area contributed by atoms with Gasteiger partial charge in [-0.25, -0.2) is 4.79 Å². The Kier molecular flexibility index (Phi) is 5.47. The summed E-state index contributed by atoms with van der Waals surface area (Å²) in [6.45, 7) is 2.86. The molecule has 2 fully saturated rings. The summed E-state index contributed by atoms with van der Waals surface area (Å²) in [6.07, 6.45) is 0.834. The minimum absolute atomic E-state index is 0.125. The first-order valence-electron chi connectivity index (χ1n) is 7.92. The number of thioether (sulfide) groups is 1. The van der Waals surface area contributed by atoms with Crippen LogP contribution in [-0.4, -0.2) is 56.9 Å². The van der Waals surface area contributed by atoms with Gasteiger partial charge in [-0.2, -0.15) is 0 Å². The highest BCUT2D eigenvalue weighted by atomic mass is 32.2. The van der Waals surface area contributed by atoms with Gasteiger partial charge in [-0.3, -0.25) is 19.2 Å². The van der Waals surface area contributed by atoms with Crippen molar-refractivity contribution in [3.05, 3.63) is 0 Å². The van der Waals surface area contributed by atoms with Gasteiger partial charge in [-0.15, -0.1) is 0 Å². The lowest BCUT2D eigenvalue weighted by atomic mass is 9.70. The lowest BCUT2D eigenvalue weighted by Crippen LogP contribution is -2.47. The third kappa shape index (κ3) is 3.38. The van der Waals surface area contributed by atoms with Gasteiger partial charge in [0.25, 0.3) is 0 Å². The first-order chi connectivity index (χ1) is 11.2. The lowest BCUT2D eigenvalue weighted by molar-refractivity contribution is -0.149. The van der Waals surface area contributed by atoms with E-state index in [1.165, 1.54) is 6.92 Å². The van der Waals surface area contributed by atoms with Crippen LogP contribution in [0.5, 0.6) is 0 Å². The van der Waals surface area contributed by atoms with Gasteiger partial charge < -0.3 is 10.0 Å². The highest BCUT2D eigenvalue weighted by Crippen LogP contribution is 2.42. The number of carbonyl (C=O) groups excluding carboxylic acids is 4. The van der Waals surface area contributed by atoms with E-state index >= 15 is 0 Å². The monoisotopic (exact) mass is 355 g/mol. The van der Waals surface area contributed by atoms with Crippen molar-refractivity contribution in [1.82, 2.24) is 4.90 Å². The predicted octanol–water partition coefficient (Wildman–Crippen LogP) is 0.896. The first kappa shape index (κ1) is 18.6. The molecule has 7 nitrogen and oxygen atoms in total. The van der Waals surface area contributed by atoms with Crippen LogP contribution in [0.25, 0.3) is 0 Å². The van der Waals surface area contributed by atoms with Crippen LogP contribution in [-0.2, 0) is 24.0 Å². The maximum atomic E-state index is 12.6. The smallest absolute Gasteiger partial charge is 0.326 e. The highest BCUT2D eigenvalue weighted by molar-refractivity contribution is 8.13. The molecule has 0 aromatic carbocycles. The quantitative estimate of drug-likeness (QED) is 0.746. The number of aliphatic carboxylic acids is 1. The van der Waals surface area contributed by atoms with Gasteiger partial charge in [0.15, 0.2) is 5.12 Å². The Hall–Kier alpha value is -1.70. The molecule has 1 spiro atoms. The van der Waals surface area contributed by atoms with Crippen LogP contribution in [0, 0.1) is 11.3 Å². The number of hydrogen-bond acceptors (Lipinski definition) is 6. The number of nitrogens with zero attached hydrogens (tertiary/aromatic N) is 1. The van der Waals surface area contributed by atoms with Crippen LogP contribution in [0.2, 0.25) is 0 Å². The van der Waals surface area contributed by atoms with E-state index in [0.29, 0.717) is 6.42 Å². The van der Waals surface area contributed by atoms with E-state index in [1.807, 2.05) is 0 Å². The molecule has 0 aromatic heterocycles. The molecule has 2 rings (SSSR count). The molecule has 2 atom stereocenters. The molecule has 1 heterocycles. The molecule has 1 saturated carbocycles. The number of carbonyl (C=O) groups is 5. The van der Waals surface area contributed by atoms with Crippen LogP contribution < -0.4 is 0 Å². The van der Waals surface area contributed by atoms with Gasteiger partial charge in [-0.05, 0) is 12.8 Å². The van der Waals surface area contributed by atoms with Crippen molar-refractivity contribution in [2.75, 3.05) is 12.3 Å². The average molecular weight is 355 g/mol. The Morgan fingerprint density at radius 2 is 1.88 bits per heavy atom. The van der Waals surface area contributed by atoms with Gasteiger partial charge >= 0.3 is 5.97 Å². The van der Waals surface area contributed by atoms with E-state index in [1.54, 1.807) is 6.92 Å². The van der Waals surface area contributed by atoms with E-state index in [-0.39, 0.29) is 48.2 Å². The minimum Gasteiger partial charge on any atom is -0.480 e. The zero-order valence-electron chi connectivity index (χ0n) is 13.7. The molecule has 1 aliphatic heterocycles. The summed E-state index contributed by atoms with van der Waals surface area (Å²) in [5, 5.41) is 9.32. The van der Waals surface area contributed by atoms with Crippen molar-refractivity contribution in [3.8, 4) is 0 Å². The van der Waals surface area contributed by atoms with Crippen LogP contribution in [0.1, 0.15) is 39.5 Å². The molecule has 0 unspecified atom stereocenters. The van der Waals surface area contributed by atoms with E-state index in [4.69, 9.17) is 0 Å². The molecular formula is C16H21NO6S. The Labute approximate surface area is 144 Å². The number of carboxylic acid groups (broad SMARTS) is 1. The zero-order chi connectivity index (χ0) is 18.1. The second-order valence-corrected chi connectivity index (χ2v) is 7.71. The summed E-state index contributed by atoms with van der Waals surface area (Å²) in [4.78, 5) is 61.1. The number of Topliss-reactive ketones (excluding diaryl/α,β-unsaturated/α-hetero) is 2. The third-order valence-corrected chi connectivity index (χ3v) is 5.83. The molecule has 2 aliphatic rings. The normalized spacial score (nSPS) is 24.2. The van der Waals surface area contributed by atoms with Crippen LogP contribution in [0.3, 0.4) is 0 Å². The number of hydrogen-bond donors (Lipinski definition) is 1. The van der Waals surface area contributed by atoms with E-state index in [0.717, 1.165) is 16.7 Å². The molecule has 1 saturated heterocycles. The standard InChI is InChI=1S/C16H21NO6S/c1-9(7-24-10(2)18)14(21)17-8-16(6-11(17)15(22)23)12(19)4-3-5-13(16)20/h9,11H,3-8H2,1-2H3,(H,22,23)/t9-,11+/m1/s1. The van der Waals surface area contributed by atoms with Crippen LogP contribution in [0.4, 0.5) is 0 Å². The second kappa shape index (κ2) is 7.04. The largest absolute Gasteiger partial charge is 0.480 e. The van der Waals surface area contributed by atoms with Crippen LogP contribution >= 0.6 is 11.8 Å². The molecule has 1 N–H and O–H groups in total. The fourth-order valence-corrected chi connectivity index (χ4v) is 4.03. The number of rotatable bonds is 4. The SMILES string of the molecule is CC(=O)SC[C@@H](C)C(=O)N1CC2(C[C@H]1C(=O)O)C(=O)CCCC2=O. The van der Waals surface area contributed by atoms with Crippen molar-refractivity contribution < 1.29 is 29.1 Å². The van der Waals surface area contributed by atoms with Crippen molar-refractivity contribution in [3.63, 3.8) is 0 Å². The number of likely N-dealkylation sites (tertiary alicyclic amines) is 1. The predicted molar refractivity (Wildman–Crippen MR) is 86.4 cm³/mol. The minimum atomic E-state index is -1.36. The molecule has 8 heteroatoms. The van der Waals surface area contributed by atoms with Gasteiger partial charge in [-0.1, -0.05) is 18.7 Å². The van der Waals surface area contributed by atoms with E-state index < -0.39 is 29.3 Å². The fraction of sp³-hybridized carbons (Fsp3) is 0.688. The van der Waals surface area contributed by atoms with Crippen molar-refractivity contribution in [2.45, 2.75) is 45.6 Å². The third-order valence-electron chi connectivity index (χ3n) is 4.76. The summed E-state index contributed by atoms with van der Waals surface area (Å²) >= 11 is 0.997. The first-order valence-corrected chi connectivity index (χ1v) is 8.91. The summed E-state index contributed by atoms with van der Waals surface area (Å²) in [7, 11) is 0. The van der Waals surface area contributed by atoms with E-state index in [9.17, 15) is 29.1 Å². The Morgan fingerprint density at radius 1 is 1.29 bits per heavy atom. The Bertz CT molecular complexity index is 585. The van der Waals surface area contributed by atoms with Crippen molar-refractivity contribution in [1.29, 1.82) is 0 Å². The molecule has 1 amide bonds. The van der Waals surface area contributed by atoms with E-state index in [2.05, 4.69) is 0 Å². The second-order valence-electron chi connectivity index (χ2n) is 6.51. The molecule has 0 aromatic rings. The molecule has 0 bridgehead atoms. The highest BCUT2D eigenvalue weighted by Gasteiger charge is 2.57. The van der Waals surface area contributed by atoms with Gasteiger partial charge in [0, 0.05) is 38.0 Å². The zero-order valence-corrected chi connectivity index (χ0v) is 14.6. The summed E-state index contributed by atoms with van der Waals surface area (Å²) in [5.74, 6) is -2.48. The fourth-order valence-electron chi connectivity index (χ4n) is 3.40. The number of carboxylic acids is 1. The molecular weight excluding hydrogens is 334 g/mol. The maximum Gasteiger partial charge on any atom is 0.326 e. The summed E-state index contributed by atoms with van der Waals surface area (Å²) in [6, 6.07) is -1.17. The van der Waals surface area contributed by atoms with Gasteiger partial charge in [0.05, 0.1) is 0 Å².